The number of hydrogen-bond donors (Lipinski definition) is 1. The minimum Gasteiger partial charge on any atom is -0.370 e. The summed E-state index contributed by atoms with van der Waals surface area (Å²) in [6.07, 6.45) is 4.95. The lowest BCUT2D eigenvalue weighted by Crippen LogP contribution is -2.30. The number of piperidine rings is 1. The molecule has 134 valence electrons. The van der Waals surface area contributed by atoms with Gasteiger partial charge in [0.15, 0.2) is 0 Å². The standard InChI is InChI=1S/C20H28N4O/c1-15-17(16(2)23(3)22-15)11-12-20(25)21-18-9-5-6-10-19(18)24-13-7-4-8-14-24/h5-6,9-10H,4,7-8,11-14H2,1-3H3,(H,21,25). The number of anilines is 2. The summed E-state index contributed by atoms with van der Waals surface area (Å²) < 4.78 is 1.88. The topological polar surface area (TPSA) is 50.2 Å². The Bertz CT molecular complexity index is 744. The molecule has 1 aromatic carbocycles. The lowest BCUT2D eigenvalue weighted by atomic mass is 10.1. The van der Waals surface area contributed by atoms with Gasteiger partial charge in [0.2, 0.25) is 5.91 Å². The molecule has 1 fully saturated rings. The van der Waals surface area contributed by atoms with E-state index in [0.29, 0.717) is 6.42 Å². The van der Waals surface area contributed by atoms with E-state index >= 15 is 0 Å². The third kappa shape index (κ3) is 4.03. The van der Waals surface area contributed by atoms with Gasteiger partial charge in [-0.2, -0.15) is 5.10 Å². The molecule has 0 saturated carbocycles. The van der Waals surface area contributed by atoms with Crippen molar-refractivity contribution in [2.45, 2.75) is 46.0 Å². The maximum atomic E-state index is 12.5. The van der Waals surface area contributed by atoms with Crippen LogP contribution in [0.5, 0.6) is 0 Å². The molecular weight excluding hydrogens is 312 g/mol. The molecule has 1 amide bonds. The van der Waals surface area contributed by atoms with Crippen LogP contribution in [0.2, 0.25) is 0 Å². The van der Waals surface area contributed by atoms with Gasteiger partial charge in [0.05, 0.1) is 17.1 Å². The number of para-hydroxylation sites is 2. The van der Waals surface area contributed by atoms with Gasteiger partial charge in [-0.25, -0.2) is 0 Å². The Morgan fingerprint density at radius 2 is 1.88 bits per heavy atom. The van der Waals surface area contributed by atoms with Crippen LogP contribution in [0.3, 0.4) is 0 Å². The Hall–Kier alpha value is -2.30. The molecule has 2 aromatic rings. The lowest BCUT2D eigenvalue weighted by molar-refractivity contribution is -0.116. The highest BCUT2D eigenvalue weighted by atomic mass is 16.1. The number of carbonyl (C=O) groups excluding carboxylic acids is 1. The van der Waals surface area contributed by atoms with E-state index in [0.717, 1.165) is 42.3 Å². The highest BCUT2D eigenvalue weighted by Gasteiger charge is 2.16. The van der Waals surface area contributed by atoms with Gasteiger partial charge in [0.1, 0.15) is 0 Å². The first-order valence-electron chi connectivity index (χ1n) is 9.19. The normalized spacial score (nSPS) is 14.6. The van der Waals surface area contributed by atoms with Crippen LogP contribution >= 0.6 is 0 Å². The molecule has 5 heteroatoms. The van der Waals surface area contributed by atoms with Crippen LogP contribution < -0.4 is 10.2 Å². The Balaban J connectivity index is 1.65. The van der Waals surface area contributed by atoms with Gasteiger partial charge in [-0.3, -0.25) is 9.48 Å². The van der Waals surface area contributed by atoms with Gasteiger partial charge < -0.3 is 10.2 Å². The number of rotatable bonds is 5. The third-order valence-corrected chi connectivity index (χ3v) is 5.14. The number of amides is 1. The predicted octanol–water partition coefficient (Wildman–Crippen LogP) is 3.60. The average Bonchev–Trinajstić information content (AvgIpc) is 2.86. The summed E-state index contributed by atoms with van der Waals surface area (Å²) in [6.45, 7) is 6.20. The van der Waals surface area contributed by atoms with E-state index in [1.807, 2.05) is 36.9 Å². The Morgan fingerprint density at radius 3 is 2.56 bits per heavy atom. The van der Waals surface area contributed by atoms with Crippen LogP contribution in [-0.2, 0) is 18.3 Å². The Labute approximate surface area is 150 Å². The molecule has 25 heavy (non-hydrogen) atoms. The highest BCUT2D eigenvalue weighted by Crippen LogP contribution is 2.28. The summed E-state index contributed by atoms with van der Waals surface area (Å²) in [5.74, 6) is 0.0621. The van der Waals surface area contributed by atoms with Crippen LogP contribution in [0.25, 0.3) is 0 Å². The van der Waals surface area contributed by atoms with Crippen LogP contribution in [0.1, 0.15) is 42.6 Å². The number of aromatic nitrogens is 2. The fourth-order valence-electron chi connectivity index (χ4n) is 3.62. The number of nitrogens with one attached hydrogen (secondary N) is 1. The second-order valence-electron chi connectivity index (χ2n) is 6.89. The molecule has 5 nitrogen and oxygen atoms in total. The predicted molar refractivity (Wildman–Crippen MR) is 102 cm³/mol. The smallest absolute Gasteiger partial charge is 0.224 e. The van der Waals surface area contributed by atoms with E-state index in [1.165, 1.54) is 24.8 Å². The van der Waals surface area contributed by atoms with Crippen molar-refractivity contribution in [3.05, 3.63) is 41.2 Å². The van der Waals surface area contributed by atoms with Gasteiger partial charge >= 0.3 is 0 Å². The molecule has 0 aliphatic carbocycles. The van der Waals surface area contributed by atoms with Crippen molar-refractivity contribution in [2.75, 3.05) is 23.3 Å². The zero-order valence-electron chi connectivity index (χ0n) is 15.5. The van der Waals surface area contributed by atoms with Crippen LogP contribution in [0.15, 0.2) is 24.3 Å². The van der Waals surface area contributed by atoms with Crippen molar-refractivity contribution < 1.29 is 4.79 Å². The lowest BCUT2D eigenvalue weighted by Gasteiger charge is -2.30. The van der Waals surface area contributed by atoms with Gasteiger partial charge in [-0.15, -0.1) is 0 Å². The highest BCUT2D eigenvalue weighted by molar-refractivity contribution is 5.94. The van der Waals surface area contributed by atoms with Crippen LogP contribution in [-0.4, -0.2) is 28.8 Å². The van der Waals surface area contributed by atoms with Crippen molar-refractivity contribution in [1.82, 2.24) is 9.78 Å². The van der Waals surface area contributed by atoms with Gasteiger partial charge in [-0.1, -0.05) is 12.1 Å². The Morgan fingerprint density at radius 1 is 1.16 bits per heavy atom. The number of aryl methyl sites for hydroxylation is 2. The zero-order chi connectivity index (χ0) is 17.8. The molecule has 0 spiro atoms. The van der Waals surface area contributed by atoms with Crippen LogP contribution in [0.4, 0.5) is 11.4 Å². The van der Waals surface area contributed by atoms with E-state index in [-0.39, 0.29) is 5.91 Å². The van der Waals surface area contributed by atoms with E-state index in [1.54, 1.807) is 0 Å². The average molecular weight is 340 g/mol. The summed E-state index contributed by atoms with van der Waals surface area (Å²) in [5.41, 5.74) is 5.40. The summed E-state index contributed by atoms with van der Waals surface area (Å²) in [4.78, 5) is 14.9. The third-order valence-electron chi connectivity index (χ3n) is 5.14. The zero-order valence-corrected chi connectivity index (χ0v) is 15.5. The number of hydrogen-bond acceptors (Lipinski definition) is 3. The monoisotopic (exact) mass is 340 g/mol. The first-order valence-corrected chi connectivity index (χ1v) is 9.19. The molecule has 0 bridgehead atoms. The summed E-state index contributed by atoms with van der Waals surface area (Å²) in [6, 6.07) is 8.14. The molecule has 2 heterocycles. The van der Waals surface area contributed by atoms with Crippen molar-refractivity contribution in [3.8, 4) is 0 Å². The molecule has 1 aromatic heterocycles. The molecular formula is C20H28N4O. The van der Waals surface area contributed by atoms with E-state index in [9.17, 15) is 4.79 Å². The van der Waals surface area contributed by atoms with Crippen molar-refractivity contribution in [1.29, 1.82) is 0 Å². The molecule has 0 radical (unpaired) electrons. The molecule has 1 aliphatic rings. The molecule has 1 N–H and O–H groups in total. The van der Waals surface area contributed by atoms with Crippen molar-refractivity contribution in [3.63, 3.8) is 0 Å². The first kappa shape index (κ1) is 17.5. The maximum absolute atomic E-state index is 12.5. The Kier molecular flexibility index (Phi) is 5.41. The van der Waals surface area contributed by atoms with Crippen molar-refractivity contribution >= 4 is 17.3 Å². The SMILES string of the molecule is Cc1nn(C)c(C)c1CCC(=O)Nc1ccccc1N1CCCCC1. The van der Waals surface area contributed by atoms with Gasteiger partial charge in [-0.05, 0) is 57.2 Å². The number of carbonyl (C=O) groups is 1. The van der Waals surface area contributed by atoms with Gasteiger partial charge in [0.25, 0.3) is 0 Å². The van der Waals surface area contributed by atoms with E-state index in [4.69, 9.17) is 0 Å². The fourth-order valence-corrected chi connectivity index (χ4v) is 3.62. The molecule has 0 atom stereocenters. The molecule has 1 saturated heterocycles. The van der Waals surface area contributed by atoms with Crippen LogP contribution in [0, 0.1) is 13.8 Å². The second kappa shape index (κ2) is 7.72. The largest absolute Gasteiger partial charge is 0.370 e. The minimum atomic E-state index is 0.0621. The number of benzene rings is 1. The minimum absolute atomic E-state index is 0.0621. The summed E-state index contributed by atoms with van der Waals surface area (Å²) in [5, 5.41) is 7.54. The summed E-state index contributed by atoms with van der Waals surface area (Å²) in [7, 11) is 1.95. The maximum Gasteiger partial charge on any atom is 0.224 e. The molecule has 0 unspecified atom stereocenters. The van der Waals surface area contributed by atoms with E-state index < -0.39 is 0 Å². The quantitative estimate of drug-likeness (QED) is 0.905. The number of nitrogens with zero attached hydrogens (tertiary/aromatic N) is 3. The van der Waals surface area contributed by atoms with E-state index in [2.05, 4.69) is 28.3 Å². The van der Waals surface area contributed by atoms with Gasteiger partial charge in [0, 0.05) is 32.3 Å². The summed E-state index contributed by atoms with van der Waals surface area (Å²) >= 11 is 0. The molecule has 1 aliphatic heterocycles. The fraction of sp³-hybridized carbons (Fsp3) is 0.500. The van der Waals surface area contributed by atoms with Crippen molar-refractivity contribution in [2.24, 2.45) is 7.05 Å². The second-order valence-corrected chi connectivity index (χ2v) is 6.89. The molecule has 3 rings (SSSR count). The first-order chi connectivity index (χ1) is 12.1.